The van der Waals surface area contributed by atoms with Crippen LogP contribution >= 0.6 is 0 Å². The lowest BCUT2D eigenvalue weighted by Crippen LogP contribution is -2.35. The van der Waals surface area contributed by atoms with Crippen LogP contribution in [-0.4, -0.2) is 22.3 Å². The van der Waals surface area contributed by atoms with Gasteiger partial charge in [-0.15, -0.1) is 0 Å². The summed E-state index contributed by atoms with van der Waals surface area (Å²) >= 11 is 0. The molecule has 94 valence electrons. The van der Waals surface area contributed by atoms with Crippen LogP contribution in [0.4, 0.5) is 8.78 Å². The first-order chi connectivity index (χ1) is 7.73. The van der Waals surface area contributed by atoms with Gasteiger partial charge in [-0.2, -0.15) is 13.9 Å². The van der Waals surface area contributed by atoms with Gasteiger partial charge >= 0.3 is 13.5 Å². The Labute approximate surface area is 100 Å². The molecular weight excluding hydrogens is 225 g/mol. The molecule has 0 bridgehead atoms. The molecule has 1 fully saturated rings. The zero-order valence-electron chi connectivity index (χ0n) is 10.6. The molecule has 2 rings (SSSR count). The van der Waals surface area contributed by atoms with Gasteiger partial charge in [-0.25, -0.2) is 4.68 Å². The van der Waals surface area contributed by atoms with Gasteiger partial charge in [0.1, 0.15) is 0 Å². The van der Waals surface area contributed by atoms with Crippen LogP contribution in [0.25, 0.3) is 0 Å². The summed E-state index contributed by atoms with van der Waals surface area (Å²) in [6, 6.07) is 0. The van der Waals surface area contributed by atoms with Crippen LogP contribution in [-0.2, 0) is 4.65 Å². The number of nitrogens with zero attached hydrogens (tertiary/aromatic N) is 2. The van der Waals surface area contributed by atoms with Crippen molar-refractivity contribution in [1.29, 1.82) is 0 Å². The highest BCUT2D eigenvalue weighted by molar-refractivity contribution is 6.68. The number of rotatable bonds is 2. The van der Waals surface area contributed by atoms with E-state index in [0.29, 0.717) is 4.68 Å². The van der Waals surface area contributed by atoms with E-state index in [1.807, 2.05) is 13.8 Å². The predicted molar refractivity (Wildman–Crippen MR) is 62.6 cm³/mol. The molecule has 3 nitrogen and oxygen atoms in total. The summed E-state index contributed by atoms with van der Waals surface area (Å²) in [5.74, 6) is 0. The predicted octanol–water partition coefficient (Wildman–Crippen LogP) is 2.31. The van der Waals surface area contributed by atoms with Gasteiger partial charge in [0.25, 0.3) is 0 Å². The highest BCUT2D eigenvalue weighted by Gasteiger charge is 2.50. The lowest BCUT2D eigenvalue weighted by atomic mass is 9.55. The first kappa shape index (κ1) is 12.5. The molecule has 6 heteroatoms. The van der Waals surface area contributed by atoms with E-state index in [0.717, 1.165) is 11.8 Å². The van der Waals surface area contributed by atoms with E-state index in [1.54, 1.807) is 0 Å². The first-order valence-electron chi connectivity index (χ1n) is 5.73. The molecule has 17 heavy (non-hydrogen) atoms. The standard InChI is InChI=1S/C11H17BF2N2O/c1-10(2)7-12(17-11(10,3)4)8-5-15-16(6-8)9(13)14/h5-6,9H,7H2,1-4H3. The topological polar surface area (TPSA) is 27.1 Å². The Morgan fingerprint density at radius 3 is 2.47 bits per heavy atom. The fraction of sp³-hybridized carbons (Fsp3) is 0.727. The molecule has 0 aliphatic carbocycles. The molecule has 1 aliphatic heterocycles. The van der Waals surface area contributed by atoms with E-state index >= 15 is 0 Å². The van der Waals surface area contributed by atoms with E-state index in [9.17, 15) is 8.78 Å². The smallest absolute Gasteiger partial charge is 0.333 e. The van der Waals surface area contributed by atoms with E-state index < -0.39 is 6.55 Å². The Hall–Kier alpha value is -0.905. The van der Waals surface area contributed by atoms with Gasteiger partial charge < -0.3 is 4.65 Å². The van der Waals surface area contributed by atoms with E-state index in [2.05, 4.69) is 18.9 Å². The van der Waals surface area contributed by atoms with Crippen molar-refractivity contribution in [2.45, 2.75) is 46.2 Å². The van der Waals surface area contributed by atoms with Crippen molar-refractivity contribution in [2.24, 2.45) is 5.41 Å². The van der Waals surface area contributed by atoms with E-state index in [4.69, 9.17) is 4.65 Å². The average Bonchev–Trinajstić information content (AvgIpc) is 2.70. The number of hydrogen-bond acceptors (Lipinski definition) is 2. The van der Waals surface area contributed by atoms with E-state index in [1.165, 1.54) is 12.4 Å². The molecule has 1 aromatic heterocycles. The van der Waals surface area contributed by atoms with Gasteiger partial charge in [0, 0.05) is 12.4 Å². The fourth-order valence-electron chi connectivity index (χ4n) is 2.08. The molecule has 0 unspecified atom stereocenters. The quantitative estimate of drug-likeness (QED) is 0.744. The first-order valence-corrected chi connectivity index (χ1v) is 5.73. The van der Waals surface area contributed by atoms with Gasteiger partial charge in [-0.3, -0.25) is 0 Å². The average molecular weight is 242 g/mol. The summed E-state index contributed by atoms with van der Waals surface area (Å²) in [5.41, 5.74) is 0.485. The fourth-order valence-corrected chi connectivity index (χ4v) is 2.08. The number of aromatic nitrogens is 2. The lowest BCUT2D eigenvalue weighted by Gasteiger charge is -2.34. The van der Waals surface area contributed by atoms with Crippen molar-refractivity contribution in [1.82, 2.24) is 9.78 Å². The van der Waals surface area contributed by atoms with E-state index in [-0.39, 0.29) is 17.9 Å². The van der Waals surface area contributed by atoms with Crippen LogP contribution < -0.4 is 5.46 Å². The second kappa shape index (κ2) is 3.80. The second-order valence-electron chi connectivity index (χ2n) is 5.74. The summed E-state index contributed by atoms with van der Waals surface area (Å²) < 4.78 is 31.5. The molecule has 0 saturated carbocycles. The van der Waals surface area contributed by atoms with Gasteiger partial charge in [0.05, 0.1) is 5.60 Å². The molecule has 1 saturated heterocycles. The molecule has 0 amide bonds. The molecule has 0 spiro atoms. The third-order valence-corrected chi connectivity index (χ3v) is 3.96. The third kappa shape index (κ3) is 2.10. The maximum Gasteiger partial charge on any atom is 0.333 e. The third-order valence-electron chi connectivity index (χ3n) is 3.96. The van der Waals surface area contributed by atoms with Gasteiger partial charge in [0.2, 0.25) is 0 Å². The Morgan fingerprint density at radius 2 is 2.06 bits per heavy atom. The number of alkyl halides is 2. The minimum absolute atomic E-state index is 0.0184. The van der Waals surface area contributed by atoms with Crippen molar-refractivity contribution in [2.75, 3.05) is 0 Å². The molecule has 0 aromatic carbocycles. The Kier molecular flexibility index (Phi) is 2.80. The highest BCUT2D eigenvalue weighted by atomic mass is 19.3. The largest absolute Gasteiger partial charge is 0.425 e. The lowest BCUT2D eigenvalue weighted by molar-refractivity contribution is 0.0375. The van der Waals surface area contributed by atoms with Crippen molar-refractivity contribution < 1.29 is 13.4 Å². The zero-order valence-corrected chi connectivity index (χ0v) is 10.6. The van der Waals surface area contributed by atoms with Crippen molar-refractivity contribution in [3.8, 4) is 0 Å². The maximum atomic E-state index is 12.4. The maximum absolute atomic E-state index is 12.4. The van der Waals surface area contributed by atoms with Crippen molar-refractivity contribution >= 4 is 12.4 Å². The zero-order chi connectivity index (χ0) is 12.8. The van der Waals surface area contributed by atoms with Gasteiger partial charge in [0.15, 0.2) is 0 Å². The monoisotopic (exact) mass is 242 g/mol. The molecule has 0 N–H and O–H groups in total. The molecule has 0 radical (unpaired) electrons. The summed E-state index contributed by atoms with van der Waals surface area (Å²) in [6.45, 7) is 5.59. The Balaban J connectivity index is 2.20. The molecule has 1 aromatic rings. The van der Waals surface area contributed by atoms with Crippen LogP contribution in [0.5, 0.6) is 0 Å². The molecule has 0 atom stereocenters. The molecule has 1 aliphatic rings. The minimum Gasteiger partial charge on any atom is -0.425 e. The van der Waals surface area contributed by atoms with Crippen LogP contribution in [0.2, 0.25) is 6.32 Å². The van der Waals surface area contributed by atoms with Crippen LogP contribution in [0.3, 0.4) is 0 Å². The summed E-state index contributed by atoms with van der Waals surface area (Å²) in [5, 5.41) is 3.64. The van der Waals surface area contributed by atoms with Crippen molar-refractivity contribution in [3.05, 3.63) is 12.4 Å². The Bertz CT molecular complexity index is 401. The Morgan fingerprint density at radius 1 is 1.41 bits per heavy atom. The minimum atomic E-state index is -2.59. The highest BCUT2D eigenvalue weighted by Crippen LogP contribution is 2.44. The number of halogens is 2. The van der Waals surface area contributed by atoms with Gasteiger partial charge in [-0.1, -0.05) is 13.8 Å². The van der Waals surface area contributed by atoms with Gasteiger partial charge in [-0.05, 0) is 31.0 Å². The van der Waals surface area contributed by atoms with Crippen LogP contribution in [0, 0.1) is 5.41 Å². The molecule has 2 heterocycles. The van der Waals surface area contributed by atoms with Crippen LogP contribution in [0.15, 0.2) is 12.4 Å². The summed E-state index contributed by atoms with van der Waals surface area (Å²) in [4.78, 5) is 0. The SMILES string of the molecule is CC1(C)CB(c2cnn(C(F)F)c2)OC1(C)C. The summed E-state index contributed by atoms with van der Waals surface area (Å²) in [6.07, 6.45) is 3.65. The van der Waals surface area contributed by atoms with Crippen molar-refractivity contribution in [3.63, 3.8) is 0 Å². The normalized spacial score (nSPS) is 22.4. The van der Waals surface area contributed by atoms with Crippen LogP contribution in [0.1, 0.15) is 34.2 Å². The summed E-state index contributed by atoms with van der Waals surface area (Å²) in [7, 11) is 0. The number of hydrogen-bond donors (Lipinski definition) is 0. The molecular formula is C11H17BF2N2O. The second-order valence-corrected chi connectivity index (χ2v) is 5.74.